The van der Waals surface area contributed by atoms with E-state index in [1.807, 2.05) is 6.92 Å². The number of thiophene rings is 1. The van der Waals surface area contributed by atoms with Crippen molar-refractivity contribution >= 4 is 44.6 Å². The van der Waals surface area contributed by atoms with E-state index in [0.717, 1.165) is 24.3 Å². The van der Waals surface area contributed by atoms with Gasteiger partial charge < -0.3 is 19.7 Å². The molecule has 0 amide bonds. The van der Waals surface area contributed by atoms with E-state index >= 15 is 0 Å². The Labute approximate surface area is 204 Å². The van der Waals surface area contributed by atoms with Crippen molar-refractivity contribution in [3.05, 3.63) is 58.2 Å². The molecule has 34 heavy (non-hydrogen) atoms. The number of sulfonamides is 1. The van der Waals surface area contributed by atoms with Gasteiger partial charge in [-0.2, -0.15) is 0 Å². The molecule has 0 fully saturated rings. The lowest BCUT2D eigenvalue weighted by Crippen LogP contribution is -2.20. The van der Waals surface area contributed by atoms with Crippen molar-refractivity contribution in [2.75, 3.05) is 18.4 Å². The van der Waals surface area contributed by atoms with E-state index < -0.39 is 27.6 Å². The number of hydrogen-bond acceptors (Lipinski definition) is 8. The number of carbonyl (C=O) groups excluding carboxylic acids is 1. The van der Waals surface area contributed by atoms with Crippen molar-refractivity contribution in [1.82, 2.24) is 0 Å². The maximum absolute atomic E-state index is 13.6. The van der Waals surface area contributed by atoms with Gasteiger partial charge in [-0.05, 0) is 42.8 Å². The minimum absolute atomic E-state index is 0.00198. The highest BCUT2D eigenvalue weighted by Gasteiger charge is 2.23. The standard InChI is InChI=1S/C22H21ClFNO7S2/c1-3-14(31-2)11-32-22(28)15-6-5-13(9-19(15)27)25-34(29,30)20-10-17(21(23)33-20)16-8-12(24)4-7-18(16)26/h4-10,14,25-27H,3,11H2,1-2H3. The van der Waals surface area contributed by atoms with Gasteiger partial charge in [0.15, 0.2) is 0 Å². The third-order valence-electron chi connectivity index (χ3n) is 4.84. The van der Waals surface area contributed by atoms with Gasteiger partial charge >= 0.3 is 5.97 Å². The minimum Gasteiger partial charge on any atom is -0.507 e. The number of benzene rings is 2. The molecule has 1 unspecified atom stereocenters. The minimum atomic E-state index is -4.16. The van der Waals surface area contributed by atoms with Gasteiger partial charge in [0.1, 0.15) is 38.0 Å². The highest BCUT2D eigenvalue weighted by atomic mass is 35.5. The predicted octanol–water partition coefficient (Wildman–Crippen LogP) is 5.00. The van der Waals surface area contributed by atoms with Gasteiger partial charge in [-0.15, -0.1) is 11.3 Å². The van der Waals surface area contributed by atoms with Crippen LogP contribution < -0.4 is 4.72 Å². The molecule has 3 aromatic rings. The maximum atomic E-state index is 13.6. The highest BCUT2D eigenvalue weighted by Crippen LogP contribution is 2.42. The van der Waals surface area contributed by atoms with E-state index in [0.29, 0.717) is 17.8 Å². The van der Waals surface area contributed by atoms with E-state index in [2.05, 4.69) is 4.72 Å². The monoisotopic (exact) mass is 529 g/mol. The summed E-state index contributed by atoms with van der Waals surface area (Å²) in [5, 5.41) is 20.2. The van der Waals surface area contributed by atoms with Crippen LogP contribution in [0.2, 0.25) is 4.34 Å². The Morgan fingerprint density at radius 1 is 1.15 bits per heavy atom. The van der Waals surface area contributed by atoms with E-state index in [1.165, 1.54) is 25.3 Å². The molecule has 12 heteroatoms. The molecule has 1 atom stereocenters. The van der Waals surface area contributed by atoms with Gasteiger partial charge in [0.25, 0.3) is 10.0 Å². The van der Waals surface area contributed by atoms with E-state index in [1.54, 1.807) is 0 Å². The zero-order chi connectivity index (χ0) is 25.0. The van der Waals surface area contributed by atoms with Crippen LogP contribution in [0.3, 0.4) is 0 Å². The zero-order valence-corrected chi connectivity index (χ0v) is 20.4. The van der Waals surface area contributed by atoms with Crippen molar-refractivity contribution < 1.29 is 37.3 Å². The van der Waals surface area contributed by atoms with E-state index in [4.69, 9.17) is 21.1 Å². The number of methoxy groups -OCH3 is 1. The average molecular weight is 530 g/mol. The summed E-state index contributed by atoms with van der Waals surface area (Å²) in [5.41, 5.74) is 0.0300. The molecule has 0 aliphatic heterocycles. The van der Waals surface area contributed by atoms with Crippen molar-refractivity contribution in [2.24, 2.45) is 0 Å². The average Bonchev–Trinajstić information content (AvgIpc) is 3.18. The molecule has 0 saturated carbocycles. The number of halogens is 2. The predicted molar refractivity (Wildman–Crippen MR) is 127 cm³/mol. The zero-order valence-electron chi connectivity index (χ0n) is 18.0. The van der Waals surface area contributed by atoms with E-state index in [-0.39, 0.29) is 49.4 Å². The second kappa shape index (κ2) is 10.6. The smallest absolute Gasteiger partial charge is 0.342 e. The Balaban J connectivity index is 1.80. The number of hydrogen-bond donors (Lipinski definition) is 3. The molecule has 0 radical (unpaired) electrons. The SMILES string of the molecule is CCC(COC(=O)c1ccc(NS(=O)(=O)c2cc(-c3cc(F)ccc3O)c(Cl)s2)cc1O)OC. The fourth-order valence-corrected chi connectivity index (χ4v) is 5.76. The molecule has 0 saturated heterocycles. The summed E-state index contributed by atoms with van der Waals surface area (Å²) in [4.78, 5) is 12.2. The first kappa shape index (κ1) is 25.8. The normalized spacial score (nSPS) is 12.4. The van der Waals surface area contributed by atoms with Gasteiger partial charge in [0.2, 0.25) is 0 Å². The number of nitrogens with one attached hydrogen (secondary N) is 1. The number of phenolic OH excluding ortho intramolecular Hbond substituents is 2. The van der Waals surface area contributed by atoms with Crippen LogP contribution in [0.1, 0.15) is 23.7 Å². The van der Waals surface area contributed by atoms with Crippen LogP contribution in [0.25, 0.3) is 11.1 Å². The summed E-state index contributed by atoms with van der Waals surface area (Å²) < 4.78 is 51.6. The Morgan fingerprint density at radius 2 is 1.88 bits per heavy atom. The van der Waals surface area contributed by atoms with Crippen molar-refractivity contribution in [2.45, 2.75) is 23.7 Å². The molecular weight excluding hydrogens is 509 g/mol. The lowest BCUT2D eigenvalue weighted by molar-refractivity contribution is 0.00952. The van der Waals surface area contributed by atoms with Crippen LogP contribution in [0, 0.1) is 5.82 Å². The molecule has 3 rings (SSSR count). The largest absolute Gasteiger partial charge is 0.507 e. The number of anilines is 1. The lowest BCUT2D eigenvalue weighted by atomic mass is 10.1. The summed E-state index contributed by atoms with van der Waals surface area (Å²) >= 11 is 6.87. The molecule has 2 aromatic carbocycles. The molecule has 8 nitrogen and oxygen atoms in total. The first-order chi connectivity index (χ1) is 16.1. The summed E-state index contributed by atoms with van der Waals surface area (Å²) in [6.07, 6.45) is 0.345. The fraction of sp³-hybridized carbons (Fsp3) is 0.227. The summed E-state index contributed by atoms with van der Waals surface area (Å²) in [6, 6.07) is 8.02. The summed E-state index contributed by atoms with van der Waals surface area (Å²) in [7, 11) is -2.67. The Bertz CT molecular complexity index is 1310. The lowest BCUT2D eigenvalue weighted by Gasteiger charge is -2.14. The fourth-order valence-electron chi connectivity index (χ4n) is 2.96. The van der Waals surface area contributed by atoms with Crippen LogP contribution in [-0.4, -0.2) is 44.4 Å². The maximum Gasteiger partial charge on any atom is 0.342 e. The number of rotatable bonds is 9. The first-order valence-corrected chi connectivity index (χ1v) is 12.6. The Hall–Kier alpha value is -2.86. The number of phenols is 2. The molecule has 0 aliphatic carbocycles. The molecule has 182 valence electrons. The molecular formula is C22H21ClFNO7S2. The third-order valence-corrected chi connectivity index (χ3v) is 8.05. The summed E-state index contributed by atoms with van der Waals surface area (Å²) in [5.74, 6) is -2.16. The van der Waals surface area contributed by atoms with Gasteiger partial charge in [0.05, 0.1) is 11.8 Å². The highest BCUT2D eigenvalue weighted by molar-refractivity contribution is 7.94. The van der Waals surface area contributed by atoms with Gasteiger partial charge in [-0.1, -0.05) is 18.5 Å². The van der Waals surface area contributed by atoms with Gasteiger partial charge in [0, 0.05) is 24.3 Å². The molecule has 0 bridgehead atoms. The second-order valence-corrected chi connectivity index (χ2v) is 10.7. The van der Waals surface area contributed by atoms with Crippen LogP contribution in [0.4, 0.5) is 10.1 Å². The molecule has 0 spiro atoms. The van der Waals surface area contributed by atoms with Crippen molar-refractivity contribution in [1.29, 1.82) is 0 Å². The summed E-state index contributed by atoms with van der Waals surface area (Å²) in [6.45, 7) is 1.87. The quantitative estimate of drug-likeness (QED) is 0.333. The van der Waals surface area contributed by atoms with Crippen LogP contribution >= 0.6 is 22.9 Å². The van der Waals surface area contributed by atoms with Crippen molar-refractivity contribution in [3.8, 4) is 22.6 Å². The van der Waals surface area contributed by atoms with Crippen molar-refractivity contribution in [3.63, 3.8) is 0 Å². The molecule has 3 N–H and O–H groups in total. The number of carbonyl (C=O) groups is 1. The number of esters is 1. The number of ether oxygens (including phenoxy) is 2. The molecule has 1 aromatic heterocycles. The van der Waals surface area contributed by atoms with Gasteiger partial charge in [-0.25, -0.2) is 17.6 Å². The van der Waals surface area contributed by atoms with E-state index in [9.17, 15) is 27.8 Å². The number of aromatic hydroxyl groups is 2. The molecule has 1 heterocycles. The molecule has 0 aliphatic rings. The van der Waals surface area contributed by atoms with Crippen LogP contribution in [0.5, 0.6) is 11.5 Å². The first-order valence-electron chi connectivity index (χ1n) is 9.89. The Kier molecular flexibility index (Phi) is 8.03. The van der Waals surface area contributed by atoms with Gasteiger partial charge in [-0.3, -0.25) is 4.72 Å². The Morgan fingerprint density at radius 3 is 2.53 bits per heavy atom. The topological polar surface area (TPSA) is 122 Å². The van der Waals surface area contributed by atoms with Crippen LogP contribution in [-0.2, 0) is 19.5 Å². The second-order valence-electron chi connectivity index (χ2n) is 7.12. The third kappa shape index (κ3) is 5.79. The van der Waals surface area contributed by atoms with Crippen LogP contribution in [0.15, 0.2) is 46.7 Å².